The SMILES string of the molecule is C[C@@H](NC(=O)OCC1c2ccccc2-c2ccccc21)C(=O)Nc1cc(C(=O)O)ccc1O. The van der Waals surface area contributed by atoms with Gasteiger partial charge in [-0.2, -0.15) is 0 Å². The molecule has 0 saturated carbocycles. The first-order valence-corrected chi connectivity index (χ1v) is 10.3. The van der Waals surface area contributed by atoms with Crippen molar-refractivity contribution >= 4 is 23.7 Å². The number of carbonyl (C=O) groups is 3. The van der Waals surface area contributed by atoms with Crippen LogP contribution < -0.4 is 10.6 Å². The number of anilines is 1. The normalized spacial score (nSPS) is 12.9. The average molecular weight is 446 g/mol. The molecule has 4 N–H and O–H groups in total. The Bertz CT molecular complexity index is 1190. The van der Waals surface area contributed by atoms with Gasteiger partial charge < -0.3 is 25.6 Å². The maximum atomic E-state index is 12.4. The first-order chi connectivity index (χ1) is 15.8. The smallest absolute Gasteiger partial charge is 0.407 e. The van der Waals surface area contributed by atoms with Crippen LogP contribution >= 0.6 is 0 Å². The zero-order chi connectivity index (χ0) is 23.5. The maximum Gasteiger partial charge on any atom is 0.407 e. The number of aromatic hydroxyl groups is 1. The second-order valence-electron chi connectivity index (χ2n) is 7.72. The summed E-state index contributed by atoms with van der Waals surface area (Å²) in [4.78, 5) is 35.9. The zero-order valence-corrected chi connectivity index (χ0v) is 17.7. The van der Waals surface area contributed by atoms with Gasteiger partial charge in [-0.05, 0) is 47.4 Å². The fraction of sp³-hybridized carbons (Fsp3) is 0.160. The van der Waals surface area contributed by atoms with Crippen LogP contribution in [0, 0.1) is 0 Å². The van der Waals surface area contributed by atoms with E-state index in [1.165, 1.54) is 19.1 Å². The molecule has 33 heavy (non-hydrogen) atoms. The van der Waals surface area contributed by atoms with Crippen LogP contribution in [-0.4, -0.2) is 40.8 Å². The monoisotopic (exact) mass is 446 g/mol. The Kier molecular flexibility index (Phi) is 5.99. The van der Waals surface area contributed by atoms with Crippen LogP contribution in [0.2, 0.25) is 0 Å². The van der Waals surface area contributed by atoms with Crippen molar-refractivity contribution in [2.75, 3.05) is 11.9 Å². The van der Waals surface area contributed by atoms with E-state index in [-0.39, 0.29) is 29.5 Å². The number of carboxylic acid groups (broad SMARTS) is 1. The molecule has 1 aliphatic carbocycles. The van der Waals surface area contributed by atoms with Gasteiger partial charge in [0.25, 0.3) is 0 Å². The van der Waals surface area contributed by atoms with Gasteiger partial charge in [0, 0.05) is 5.92 Å². The number of fused-ring (bicyclic) bond motifs is 3. The third-order valence-corrected chi connectivity index (χ3v) is 5.57. The molecule has 1 atom stereocenters. The Labute approximate surface area is 189 Å². The number of nitrogens with one attached hydrogen (secondary N) is 2. The van der Waals surface area contributed by atoms with E-state index in [4.69, 9.17) is 9.84 Å². The van der Waals surface area contributed by atoms with Gasteiger partial charge in [-0.1, -0.05) is 48.5 Å². The number of phenols is 1. The number of carbonyl (C=O) groups excluding carboxylic acids is 2. The predicted octanol–water partition coefficient (Wildman–Crippen LogP) is 3.96. The molecule has 0 aliphatic heterocycles. The van der Waals surface area contributed by atoms with Crippen molar-refractivity contribution in [1.29, 1.82) is 0 Å². The van der Waals surface area contributed by atoms with E-state index >= 15 is 0 Å². The number of amides is 2. The third-order valence-electron chi connectivity index (χ3n) is 5.57. The highest BCUT2D eigenvalue weighted by Crippen LogP contribution is 2.44. The standard InChI is InChI=1S/C25H22N2O6/c1-14(23(29)27-21-12-15(24(30)31)10-11-22(21)28)26-25(32)33-13-20-18-8-4-2-6-16(18)17-7-3-5-9-19(17)20/h2-12,14,20,28H,13H2,1H3,(H,26,32)(H,27,29)(H,30,31)/t14-/m1/s1. The molecule has 2 amide bonds. The van der Waals surface area contributed by atoms with Crippen molar-refractivity contribution in [2.45, 2.75) is 18.9 Å². The van der Waals surface area contributed by atoms with Gasteiger partial charge in [0.2, 0.25) is 5.91 Å². The summed E-state index contributed by atoms with van der Waals surface area (Å²) in [5.74, 6) is -2.23. The Morgan fingerprint density at radius 3 is 2.18 bits per heavy atom. The highest BCUT2D eigenvalue weighted by atomic mass is 16.5. The number of hydrogen-bond acceptors (Lipinski definition) is 5. The molecule has 0 aromatic heterocycles. The molecular formula is C25H22N2O6. The Morgan fingerprint density at radius 2 is 1.58 bits per heavy atom. The van der Waals surface area contributed by atoms with Crippen molar-refractivity contribution < 1.29 is 29.3 Å². The summed E-state index contributed by atoms with van der Waals surface area (Å²) >= 11 is 0. The zero-order valence-electron chi connectivity index (χ0n) is 17.7. The van der Waals surface area contributed by atoms with Crippen molar-refractivity contribution in [3.05, 3.63) is 83.4 Å². The van der Waals surface area contributed by atoms with Crippen LogP contribution in [0.15, 0.2) is 66.7 Å². The van der Waals surface area contributed by atoms with Gasteiger partial charge in [0.15, 0.2) is 0 Å². The molecule has 4 rings (SSSR count). The molecule has 0 spiro atoms. The fourth-order valence-corrected chi connectivity index (χ4v) is 3.89. The lowest BCUT2D eigenvalue weighted by molar-refractivity contribution is -0.117. The quantitative estimate of drug-likeness (QED) is 0.425. The van der Waals surface area contributed by atoms with E-state index in [0.717, 1.165) is 28.3 Å². The third kappa shape index (κ3) is 4.50. The summed E-state index contributed by atoms with van der Waals surface area (Å²) in [5.41, 5.74) is 4.20. The van der Waals surface area contributed by atoms with E-state index in [0.29, 0.717) is 0 Å². The largest absolute Gasteiger partial charge is 0.506 e. The Balaban J connectivity index is 1.37. The van der Waals surface area contributed by atoms with Crippen LogP contribution in [0.3, 0.4) is 0 Å². The van der Waals surface area contributed by atoms with Crippen LogP contribution in [0.5, 0.6) is 5.75 Å². The molecular weight excluding hydrogens is 424 g/mol. The number of benzene rings is 3. The van der Waals surface area contributed by atoms with Crippen LogP contribution in [0.4, 0.5) is 10.5 Å². The molecule has 0 bridgehead atoms. The van der Waals surface area contributed by atoms with Crippen molar-refractivity contribution in [1.82, 2.24) is 5.32 Å². The molecule has 3 aromatic carbocycles. The highest BCUT2D eigenvalue weighted by molar-refractivity contribution is 5.99. The van der Waals surface area contributed by atoms with E-state index < -0.39 is 24.0 Å². The summed E-state index contributed by atoms with van der Waals surface area (Å²) in [6.07, 6.45) is -0.761. The molecule has 8 heteroatoms. The van der Waals surface area contributed by atoms with Crippen molar-refractivity contribution in [3.63, 3.8) is 0 Å². The number of phenolic OH excluding ortho intramolecular Hbond substituents is 1. The van der Waals surface area contributed by atoms with E-state index in [2.05, 4.69) is 10.6 Å². The van der Waals surface area contributed by atoms with Crippen LogP contribution in [-0.2, 0) is 9.53 Å². The summed E-state index contributed by atoms with van der Waals surface area (Å²) in [5, 5.41) is 23.8. The number of carboxylic acids is 1. The van der Waals surface area contributed by atoms with Crippen LogP contribution in [0.25, 0.3) is 11.1 Å². The van der Waals surface area contributed by atoms with Gasteiger partial charge in [-0.25, -0.2) is 9.59 Å². The number of rotatable bonds is 6. The second-order valence-corrected chi connectivity index (χ2v) is 7.72. The molecule has 0 fully saturated rings. The summed E-state index contributed by atoms with van der Waals surface area (Å²) in [6.45, 7) is 1.56. The molecule has 8 nitrogen and oxygen atoms in total. The Morgan fingerprint density at radius 1 is 0.970 bits per heavy atom. The Hall–Kier alpha value is -4.33. The first-order valence-electron chi connectivity index (χ1n) is 10.3. The van der Waals surface area contributed by atoms with E-state index in [1.807, 2.05) is 48.5 Å². The molecule has 0 saturated heterocycles. The fourth-order valence-electron chi connectivity index (χ4n) is 3.89. The molecule has 0 unspecified atom stereocenters. The molecule has 3 aromatic rings. The van der Waals surface area contributed by atoms with E-state index in [9.17, 15) is 19.5 Å². The summed E-state index contributed by atoms with van der Waals surface area (Å²) in [6, 6.07) is 18.4. The second kappa shape index (κ2) is 9.04. The number of alkyl carbamates (subject to hydrolysis) is 1. The molecule has 1 aliphatic rings. The summed E-state index contributed by atoms with van der Waals surface area (Å²) < 4.78 is 5.43. The minimum atomic E-state index is -1.20. The first kappa shape index (κ1) is 21.9. The van der Waals surface area contributed by atoms with Crippen molar-refractivity contribution in [3.8, 4) is 16.9 Å². The average Bonchev–Trinajstić information content (AvgIpc) is 3.12. The number of aromatic carboxylic acids is 1. The van der Waals surface area contributed by atoms with Gasteiger partial charge in [-0.3, -0.25) is 4.79 Å². The number of hydrogen-bond donors (Lipinski definition) is 4. The van der Waals surface area contributed by atoms with E-state index in [1.54, 1.807) is 0 Å². The lowest BCUT2D eigenvalue weighted by Crippen LogP contribution is -2.42. The maximum absolute atomic E-state index is 12.4. The summed E-state index contributed by atoms with van der Waals surface area (Å²) in [7, 11) is 0. The predicted molar refractivity (Wildman–Crippen MR) is 121 cm³/mol. The minimum Gasteiger partial charge on any atom is -0.506 e. The molecule has 0 heterocycles. The van der Waals surface area contributed by atoms with Gasteiger partial charge in [0.1, 0.15) is 18.4 Å². The highest BCUT2D eigenvalue weighted by Gasteiger charge is 2.29. The van der Waals surface area contributed by atoms with Crippen molar-refractivity contribution in [2.24, 2.45) is 0 Å². The minimum absolute atomic E-state index is 0.0684. The van der Waals surface area contributed by atoms with Gasteiger partial charge in [-0.15, -0.1) is 0 Å². The number of ether oxygens (including phenoxy) is 1. The van der Waals surface area contributed by atoms with Gasteiger partial charge >= 0.3 is 12.1 Å². The van der Waals surface area contributed by atoms with Gasteiger partial charge in [0.05, 0.1) is 11.3 Å². The topological polar surface area (TPSA) is 125 Å². The lowest BCUT2D eigenvalue weighted by Gasteiger charge is -2.17. The molecule has 0 radical (unpaired) electrons. The molecule has 168 valence electrons. The van der Waals surface area contributed by atoms with Crippen LogP contribution in [0.1, 0.15) is 34.3 Å². The lowest BCUT2D eigenvalue weighted by atomic mass is 9.98.